The van der Waals surface area contributed by atoms with E-state index in [1.807, 2.05) is 48.3 Å². The highest BCUT2D eigenvalue weighted by atomic mass is 16.2. The molecular formula is C23H26N4O. The van der Waals surface area contributed by atoms with Crippen molar-refractivity contribution in [1.82, 2.24) is 14.7 Å². The van der Waals surface area contributed by atoms with E-state index >= 15 is 0 Å². The third-order valence-electron chi connectivity index (χ3n) is 5.51. The number of aryl methyl sites for hydroxylation is 2. The van der Waals surface area contributed by atoms with Crippen molar-refractivity contribution in [2.45, 2.75) is 19.9 Å². The van der Waals surface area contributed by atoms with Crippen molar-refractivity contribution in [3.8, 4) is 11.3 Å². The minimum absolute atomic E-state index is 0.00900. The minimum atomic E-state index is 0.00900. The van der Waals surface area contributed by atoms with E-state index in [0.29, 0.717) is 12.2 Å². The summed E-state index contributed by atoms with van der Waals surface area (Å²) in [6.45, 7) is 6.61. The molecule has 5 heteroatoms. The molecule has 1 saturated heterocycles. The van der Waals surface area contributed by atoms with Crippen LogP contribution in [0.15, 0.2) is 60.7 Å². The van der Waals surface area contributed by atoms with E-state index in [4.69, 9.17) is 0 Å². The maximum Gasteiger partial charge on any atom is 0.274 e. The fraction of sp³-hybridized carbons (Fsp3) is 0.304. The number of hydrogen-bond acceptors (Lipinski definition) is 3. The number of anilines is 1. The Hall–Kier alpha value is -3.08. The number of carbonyl (C=O) groups is 1. The highest BCUT2D eigenvalue weighted by Gasteiger charge is 2.30. The second-order valence-electron chi connectivity index (χ2n) is 7.48. The first-order valence-electron chi connectivity index (χ1n) is 9.75. The molecule has 4 rings (SSSR count). The average molecular weight is 374 g/mol. The fourth-order valence-corrected chi connectivity index (χ4v) is 3.99. The largest absolute Gasteiger partial charge is 0.367 e. The molecule has 2 heterocycles. The molecule has 0 unspecified atom stereocenters. The number of para-hydroxylation sites is 1. The Labute approximate surface area is 166 Å². The smallest absolute Gasteiger partial charge is 0.274 e. The van der Waals surface area contributed by atoms with Crippen molar-refractivity contribution in [1.29, 1.82) is 0 Å². The minimum Gasteiger partial charge on any atom is -0.367 e. The second kappa shape index (κ2) is 7.50. The van der Waals surface area contributed by atoms with Gasteiger partial charge in [0.1, 0.15) is 0 Å². The molecule has 28 heavy (non-hydrogen) atoms. The van der Waals surface area contributed by atoms with Gasteiger partial charge in [0.05, 0.1) is 5.69 Å². The van der Waals surface area contributed by atoms with Crippen LogP contribution in [-0.4, -0.2) is 46.3 Å². The lowest BCUT2D eigenvalue weighted by atomic mass is 10.1. The summed E-state index contributed by atoms with van der Waals surface area (Å²) in [6.07, 6.45) is 0. The van der Waals surface area contributed by atoms with E-state index in [2.05, 4.69) is 48.1 Å². The topological polar surface area (TPSA) is 41.4 Å². The molecule has 144 valence electrons. The van der Waals surface area contributed by atoms with Crippen molar-refractivity contribution in [3.63, 3.8) is 0 Å². The van der Waals surface area contributed by atoms with Gasteiger partial charge in [-0.15, -0.1) is 0 Å². The van der Waals surface area contributed by atoms with Crippen LogP contribution < -0.4 is 4.90 Å². The van der Waals surface area contributed by atoms with Crippen LogP contribution in [0.25, 0.3) is 11.3 Å². The molecule has 1 aliphatic rings. The first kappa shape index (κ1) is 18.3. The number of aromatic nitrogens is 2. The number of carbonyl (C=O) groups excluding carboxylic acids is 1. The van der Waals surface area contributed by atoms with Crippen molar-refractivity contribution < 1.29 is 4.79 Å². The van der Waals surface area contributed by atoms with Crippen molar-refractivity contribution in [3.05, 3.63) is 71.9 Å². The molecule has 0 aliphatic carbocycles. The summed E-state index contributed by atoms with van der Waals surface area (Å²) in [5.74, 6) is 0.00900. The monoisotopic (exact) mass is 374 g/mol. The Morgan fingerprint density at radius 2 is 1.75 bits per heavy atom. The maximum atomic E-state index is 13.1. The summed E-state index contributed by atoms with van der Waals surface area (Å²) in [7, 11) is 1.89. The summed E-state index contributed by atoms with van der Waals surface area (Å²) >= 11 is 0. The van der Waals surface area contributed by atoms with Gasteiger partial charge in [-0.1, -0.05) is 48.5 Å². The normalized spacial score (nSPS) is 17.0. The predicted molar refractivity (Wildman–Crippen MR) is 113 cm³/mol. The Morgan fingerprint density at radius 3 is 2.46 bits per heavy atom. The molecule has 1 amide bonds. The van der Waals surface area contributed by atoms with Crippen LogP contribution in [0.4, 0.5) is 5.69 Å². The highest BCUT2D eigenvalue weighted by molar-refractivity contribution is 5.94. The molecular weight excluding hydrogens is 348 g/mol. The zero-order chi connectivity index (χ0) is 19.7. The van der Waals surface area contributed by atoms with Gasteiger partial charge in [-0.3, -0.25) is 9.48 Å². The van der Waals surface area contributed by atoms with Crippen LogP contribution >= 0.6 is 0 Å². The van der Waals surface area contributed by atoms with E-state index in [1.165, 1.54) is 11.3 Å². The van der Waals surface area contributed by atoms with Crippen molar-refractivity contribution >= 4 is 11.6 Å². The van der Waals surface area contributed by atoms with Gasteiger partial charge in [0, 0.05) is 38.4 Å². The van der Waals surface area contributed by atoms with E-state index < -0.39 is 0 Å². The van der Waals surface area contributed by atoms with E-state index in [1.54, 1.807) is 4.68 Å². The predicted octanol–water partition coefficient (Wildman–Crippen LogP) is 3.75. The Bertz CT molecular complexity index is 979. The fourth-order valence-electron chi connectivity index (χ4n) is 3.99. The molecule has 0 N–H and O–H groups in total. The Balaban J connectivity index is 1.51. The number of hydrogen-bond donors (Lipinski definition) is 0. The van der Waals surface area contributed by atoms with Crippen LogP contribution in [-0.2, 0) is 7.05 Å². The summed E-state index contributed by atoms with van der Waals surface area (Å²) in [6, 6.07) is 20.5. The molecule has 2 aromatic carbocycles. The van der Waals surface area contributed by atoms with Crippen LogP contribution in [0.5, 0.6) is 0 Å². The molecule has 5 nitrogen and oxygen atoms in total. The van der Waals surface area contributed by atoms with Crippen LogP contribution in [0.1, 0.15) is 23.0 Å². The van der Waals surface area contributed by atoms with Gasteiger partial charge in [-0.25, -0.2) is 0 Å². The van der Waals surface area contributed by atoms with E-state index in [9.17, 15) is 4.79 Å². The van der Waals surface area contributed by atoms with Crippen molar-refractivity contribution in [2.75, 3.05) is 24.5 Å². The average Bonchev–Trinajstić information content (AvgIpc) is 3.10. The number of benzene rings is 2. The Morgan fingerprint density at radius 1 is 1.04 bits per heavy atom. The van der Waals surface area contributed by atoms with Gasteiger partial charge in [-0.05, 0) is 37.1 Å². The molecule has 0 spiro atoms. The maximum absolute atomic E-state index is 13.1. The van der Waals surface area contributed by atoms with E-state index in [-0.39, 0.29) is 11.9 Å². The molecule has 1 aliphatic heterocycles. The first-order chi connectivity index (χ1) is 13.5. The van der Waals surface area contributed by atoms with Crippen LogP contribution in [0.3, 0.4) is 0 Å². The number of amides is 1. The summed E-state index contributed by atoms with van der Waals surface area (Å²) < 4.78 is 1.79. The molecule has 3 aromatic rings. The summed E-state index contributed by atoms with van der Waals surface area (Å²) in [5, 5.41) is 4.50. The van der Waals surface area contributed by atoms with Gasteiger partial charge in [-0.2, -0.15) is 5.10 Å². The lowest BCUT2D eigenvalue weighted by Gasteiger charge is -2.41. The zero-order valence-corrected chi connectivity index (χ0v) is 16.7. The second-order valence-corrected chi connectivity index (χ2v) is 7.48. The quantitative estimate of drug-likeness (QED) is 0.701. The lowest BCUT2D eigenvalue weighted by molar-refractivity contribution is 0.0667. The SMILES string of the molecule is Cc1ccccc1N1CCN(C(=O)c2cc(-c3ccccc3)n(C)n2)[C@@H](C)C1. The third kappa shape index (κ3) is 3.40. The van der Waals surface area contributed by atoms with Gasteiger partial charge in [0.2, 0.25) is 0 Å². The molecule has 0 radical (unpaired) electrons. The first-order valence-corrected chi connectivity index (χ1v) is 9.75. The van der Waals surface area contributed by atoms with Gasteiger partial charge in [0.15, 0.2) is 5.69 Å². The van der Waals surface area contributed by atoms with Crippen LogP contribution in [0.2, 0.25) is 0 Å². The molecule has 1 aromatic heterocycles. The van der Waals surface area contributed by atoms with E-state index in [0.717, 1.165) is 24.3 Å². The highest BCUT2D eigenvalue weighted by Crippen LogP contribution is 2.25. The van der Waals surface area contributed by atoms with Crippen molar-refractivity contribution in [2.24, 2.45) is 7.05 Å². The molecule has 1 fully saturated rings. The zero-order valence-electron chi connectivity index (χ0n) is 16.7. The molecule has 1 atom stereocenters. The summed E-state index contributed by atoms with van der Waals surface area (Å²) in [4.78, 5) is 17.5. The number of nitrogens with zero attached hydrogens (tertiary/aromatic N) is 4. The molecule has 0 saturated carbocycles. The standard InChI is InChI=1S/C23H26N4O/c1-17-9-7-8-12-21(17)26-13-14-27(18(2)16-26)23(28)20-15-22(25(3)24-20)19-10-5-4-6-11-19/h4-12,15,18H,13-14,16H2,1-3H3/t18-/m0/s1. The number of piperazine rings is 1. The number of rotatable bonds is 3. The van der Waals surface area contributed by atoms with Gasteiger partial charge < -0.3 is 9.80 Å². The van der Waals surface area contributed by atoms with Crippen LogP contribution in [0, 0.1) is 6.92 Å². The van der Waals surface area contributed by atoms with Gasteiger partial charge >= 0.3 is 0 Å². The Kier molecular flexibility index (Phi) is 4.90. The summed E-state index contributed by atoms with van der Waals surface area (Å²) in [5.41, 5.74) is 5.05. The third-order valence-corrected chi connectivity index (χ3v) is 5.51. The molecule has 0 bridgehead atoms. The lowest BCUT2D eigenvalue weighted by Crippen LogP contribution is -2.54. The van der Waals surface area contributed by atoms with Gasteiger partial charge in [0.25, 0.3) is 5.91 Å².